The van der Waals surface area contributed by atoms with E-state index in [4.69, 9.17) is 14.4 Å². The summed E-state index contributed by atoms with van der Waals surface area (Å²) in [5, 5.41) is 4.77. The number of pyridine rings is 1. The minimum Gasteiger partial charge on any atom is -0.455 e. The lowest BCUT2D eigenvalue weighted by molar-refractivity contribution is 0.670. The molecule has 0 aliphatic rings. The number of furan rings is 1. The number of benzene rings is 7. The van der Waals surface area contributed by atoms with Gasteiger partial charge in [-0.25, -0.2) is 9.97 Å². The topological polar surface area (TPSA) is 51.8 Å². The van der Waals surface area contributed by atoms with Crippen LogP contribution in [0.2, 0.25) is 0 Å². The Kier molecular flexibility index (Phi) is 7.64. The molecule has 11 aromatic rings. The number of hydrogen-bond acceptors (Lipinski definition) is 5. The lowest BCUT2D eigenvalue weighted by Crippen LogP contribution is -1.96. The Morgan fingerprint density at radius 2 is 1.00 bits per heavy atom. The van der Waals surface area contributed by atoms with Crippen molar-refractivity contribution in [2.75, 3.05) is 0 Å². The van der Waals surface area contributed by atoms with Crippen LogP contribution in [0.3, 0.4) is 0 Å². The monoisotopic (exact) mass is 733 g/mol. The molecule has 4 heterocycles. The number of hydrogen-bond donors (Lipinski definition) is 0. The highest BCUT2D eigenvalue weighted by Crippen LogP contribution is 2.46. The largest absolute Gasteiger partial charge is 0.455 e. The first kappa shape index (κ1) is 32.2. The Hall–Kier alpha value is -7.21. The fourth-order valence-electron chi connectivity index (χ4n) is 7.94. The van der Waals surface area contributed by atoms with E-state index < -0.39 is 0 Å². The normalized spacial score (nSPS) is 11.6. The van der Waals surface area contributed by atoms with Gasteiger partial charge >= 0.3 is 0 Å². The molecule has 7 aromatic carbocycles. The second kappa shape index (κ2) is 13.3. The average Bonchev–Trinajstić information content (AvgIpc) is 3.86. The Balaban J connectivity index is 1.03. The molecule has 0 aliphatic heterocycles. The molecule has 0 atom stereocenters. The van der Waals surface area contributed by atoms with Gasteiger partial charge in [-0.2, -0.15) is 0 Å². The first-order chi connectivity index (χ1) is 27.7. The molecule has 5 heteroatoms. The molecule has 0 radical (unpaired) electrons. The molecule has 11 rings (SSSR count). The van der Waals surface area contributed by atoms with E-state index in [-0.39, 0.29) is 0 Å². The van der Waals surface area contributed by atoms with Crippen molar-refractivity contribution in [1.29, 1.82) is 0 Å². The van der Waals surface area contributed by atoms with E-state index in [1.54, 1.807) is 0 Å². The van der Waals surface area contributed by atoms with Crippen LogP contribution in [0.4, 0.5) is 0 Å². The Morgan fingerprint density at radius 3 is 1.80 bits per heavy atom. The van der Waals surface area contributed by atoms with E-state index in [1.807, 2.05) is 60.1 Å². The average molecular weight is 734 g/mol. The quantitative estimate of drug-likeness (QED) is 0.171. The van der Waals surface area contributed by atoms with Crippen molar-refractivity contribution in [3.8, 4) is 67.3 Å². The van der Waals surface area contributed by atoms with Crippen LogP contribution in [-0.4, -0.2) is 15.0 Å². The molecular formula is C51H31N3OS. The van der Waals surface area contributed by atoms with Crippen LogP contribution in [0.5, 0.6) is 0 Å². The molecule has 262 valence electrons. The lowest BCUT2D eigenvalue weighted by atomic mass is 9.92. The third kappa shape index (κ3) is 5.48. The predicted octanol–water partition coefficient (Wildman–Crippen LogP) is 14.1. The maximum Gasteiger partial charge on any atom is 0.160 e. The van der Waals surface area contributed by atoms with Gasteiger partial charge in [0, 0.05) is 65.6 Å². The Labute approximate surface area is 327 Å². The SMILES string of the molecule is c1ccc(-c2cc(-c3ccc(-c4ccc(-c5cccc6sc7ccccc7c56)c5oc6ccccc6c45)cc3)nc(-c3ccc(-c4ccncc4)cc3)n2)cc1. The van der Waals surface area contributed by atoms with Crippen molar-refractivity contribution >= 4 is 53.4 Å². The lowest BCUT2D eigenvalue weighted by Gasteiger charge is -2.12. The van der Waals surface area contributed by atoms with Crippen molar-refractivity contribution in [2.24, 2.45) is 0 Å². The van der Waals surface area contributed by atoms with Gasteiger partial charge in [0.2, 0.25) is 0 Å². The molecule has 0 N–H and O–H groups in total. The predicted molar refractivity (Wildman–Crippen MR) is 233 cm³/mol. The van der Waals surface area contributed by atoms with E-state index in [2.05, 4.69) is 145 Å². The summed E-state index contributed by atoms with van der Waals surface area (Å²) in [5.41, 5.74) is 13.3. The number of rotatable bonds is 6. The summed E-state index contributed by atoms with van der Waals surface area (Å²) in [7, 11) is 0. The summed E-state index contributed by atoms with van der Waals surface area (Å²) >= 11 is 1.84. The van der Waals surface area contributed by atoms with Crippen molar-refractivity contribution < 1.29 is 4.42 Å². The number of nitrogens with zero attached hydrogens (tertiary/aromatic N) is 3. The zero-order valence-corrected chi connectivity index (χ0v) is 30.9. The molecule has 56 heavy (non-hydrogen) atoms. The highest BCUT2D eigenvalue weighted by atomic mass is 32.1. The Morgan fingerprint density at radius 1 is 0.393 bits per heavy atom. The minimum absolute atomic E-state index is 0.683. The fourth-order valence-corrected chi connectivity index (χ4v) is 9.07. The van der Waals surface area contributed by atoms with Crippen molar-refractivity contribution in [3.63, 3.8) is 0 Å². The van der Waals surface area contributed by atoms with Gasteiger partial charge in [-0.1, -0.05) is 133 Å². The molecule has 0 unspecified atom stereocenters. The van der Waals surface area contributed by atoms with Crippen LogP contribution >= 0.6 is 11.3 Å². The first-order valence-corrected chi connectivity index (χ1v) is 19.5. The minimum atomic E-state index is 0.683. The van der Waals surface area contributed by atoms with E-state index in [0.717, 1.165) is 77.8 Å². The summed E-state index contributed by atoms with van der Waals surface area (Å²) in [6.45, 7) is 0. The summed E-state index contributed by atoms with van der Waals surface area (Å²) in [6, 6.07) is 61.7. The van der Waals surface area contributed by atoms with E-state index >= 15 is 0 Å². The zero-order chi connectivity index (χ0) is 37.0. The van der Waals surface area contributed by atoms with Crippen LogP contribution in [0, 0.1) is 0 Å². The molecule has 0 spiro atoms. The van der Waals surface area contributed by atoms with E-state index in [0.29, 0.717) is 5.82 Å². The molecule has 0 amide bonds. The third-order valence-corrected chi connectivity index (χ3v) is 11.8. The summed E-state index contributed by atoms with van der Waals surface area (Å²) in [5.74, 6) is 0.683. The highest BCUT2D eigenvalue weighted by Gasteiger charge is 2.20. The second-order valence-electron chi connectivity index (χ2n) is 14.0. The molecule has 0 saturated carbocycles. The highest BCUT2D eigenvalue weighted by molar-refractivity contribution is 7.25. The van der Waals surface area contributed by atoms with E-state index in [1.165, 1.54) is 25.7 Å². The summed E-state index contributed by atoms with van der Waals surface area (Å²) < 4.78 is 9.32. The van der Waals surface area contributed by atoms with Crippen LogP contribution < -0.4 is 0 Å². The van der Waals surface area contributed by atoms with Gasteiger partial charge in [0.15, 0.2) is 5.82 Å². The first-order valence-electron chi connectivity index (χ1n) is 18.7. The Bertz CT molecular complexity index is 3220. The van der Waals surface area contributed by atoms with Gasteiger partial charge < -0.3 is 4.42 Å². The fraction of sp³-hybridized carbons (Fsp3) is 0. The van der Waals surface area contributed by atoms with Crippen molar-refractivity contribution in [2.45, 2.75) is 0 Å². The molecule has 4 aromatic heterocycles. The number of fused-ring (bicyclic) bond motifs is 6. The maximum atomic E-state index is 6.76. The third-order valence-electron chi connectivity index (χ3n) is 10.7. The smallest absolute Gasteiger partial charge is 0.160 e. The summed E-state index contributed by atoms with van der Waals surface area (Å²) in [6.07, 6.45) is 3.63. The summed E-state index contributed by atoms with van der Waals surface area (Å²) in [4.78, 5) is 14.4. The van der Waals surface area contributed by atoms with Gasteiger partial charge in [-0.05, 0) is 70.3 Å². The standard InChI is InChI=1S/C51H31N3OS/c1-2-9-35(10-3-1)43-31-44(54-51(53-43)37-23-17-32(18-24-37)33-27-29-52-30-28-33)36-21-19-34(20-22-36)38-25-26-40(50-49(38)41-11-4-6-14-45(41)55-50)39-13-8-16-47-48(39)42-12-5-7-15-46(42)56-47/h1-31H. The molecular weight excluding hydrogens is 703 g/mol. The van der Waals surface area contributed by atoms with Gasteiger partial charge in [0.25, 0.3) is 0 Å². The zero-order valence-electron chi connectivity index (χ0n) is 30.1. The number of para-hydroxylation sites is 1. The van der Waals surface area contributed by atoms with Crippen LogP contribution in [0.1, 0.15) is 0 Å². The van der Waals surface area contributed by atoms with Crippen LogP contribution in [0.15, 0.2) is 193 Å². The van der Waals surface area contributed by atoms with Crippen LogP contribution in [-0.2, 0) is 0 Å². The second-order valence-corrected chi connectivity index (χ2v) is 15.0. The van der Waals surface area contributed by atoms with E-state index in [9.17, 15) is 0 Å². The van der Waals surface area contributed by atoms with Gasteiger partial charge in [0.05, 0.1) is 11.4 Å². The van der Waals surface area contributed by atoms with Crippen molar-refractivity contribution in [3.05, 3.63) is 188 Å². The number of thiophene rings is 1. The molecule has 0 fully saturated rings. The molecule has 0 saturated heterocycles. The van der Waals surface area contributed by atoms with Crippen LogP contribution in [0.25, 0.3) is 109 Å². The van der Waals surface area contributed by atoms with Crippen molar-refractivity contribution in [1.82, 2.24) is 15.0 Å². The maximum absolute atomic E-state index is 6.76. The van der Waals surface area contributed by atoms with Gasteiger partial charge in [0.1, 0.15) is 11.2 Å². The van der Waals surface area contributed by atoms with Gasteiger partial charge in [-0.15, -0.1) is 11.3 Å². The molecule has 0 aliphatic carbocycles. The number of aromatic nitrogens is 3. The molecule has 0 bridgehead atoms. The molecule has 4 nitrogen and oxygen atoms in total. The van der Waals surface area contributed by atoms with Gasteiger partial charge in [-0.3, -0.25) is 4.98 Å².